The van der Waals surface area contributed by atoms with Crippen molar-refractivity contribution in [1.82, 2.24) is 0 Å². The molecule has 0 N–H and O–H groups in total. The summed E-state index contributed by atoms with van der Waals surface area (Å²) in [7, 11) is 0. The molecule has 0 fully saturated rings. The second-order valence-electron chi connectivity index (χ2n) is 31.1. The molecule has 0 aliphatic heterocycles. The molecule has 2 heteroatoms. The van der Waals surface area contributed by atoms with Crippen LogP contribution in [0.2, 0.25) is 0 Å². The molecule has 562 valence electrons. The minimum Gasteiger partial charge on any atom is -0.311 e. The molecule has 0 saturated heterocycles. The normalized spacial score (nSPS) is 11.3. The molecule has 0 heterocycles. The molecule has 2 nitrogen and oxygen atoms in total. The highest BCUT2D eigenvalue weighted by Gasteiger charge is 2.22. The van der Waals surface area contributed by atoms with E-state index in [1.165, 1.54) is 121 Å². The van der Waals surface area contributed by atoms with E-state index >= 15 is 0 Å². The highest BCUT2D eigenvalue weighted by Crippen LogP contribution is 2.47. The minimum absolute atomic E-state index is 1.05. The maximum Gasteiger partial charge on any atom is 0.0468 e. The first-order valence-corrected chi connectivity index (χ1v) is 41.3. The van der Waals surface area contributed by atoms with Gasteiger partial charge in [-0.3, -0.25) is 0 Å². The molecule has 0 amide bonds. The van der Waals surface area contributed by atoms with Gasteiger partial charge in [-0.2, -0.15) is 0 Å². The maximum absolute atomic E-state index is 2.40. The topological polar surface area (TPSA) is 6.48 Å². The molecule has 0 spiro atoms. The summed E-state index contributed by atoms with van der Waals surface area (Å²) in [6, 6.07) is 178. The third-order valence-corrected chi connectivity index (χ3v) is 23.9. The molecule has 0 aliphatic carbocycles. The lowest BCUT2D eigenvalue weighted by atomic mass is 9.89. The van der Waals surface area contributed by atoms with Crippen LogP contribution in [-0.4, -0.2) is 0 Å². The van der Waals surface area contributed by atoms with Crippen molar-refractivity contribution in [3.05, 3.63) is 485 Å². The maximum atomic E-state index is 2.40. The molecule has 0 aliphatic rings. The van der Waals surface area contributed by atoms with Gasteiger partial charge in [0.25, 0.3) is 0 Å². The van der Waals surface area contributed by atoms with Crippen molar-refractivity contribution in [2.75, 3.05) is 9.80 Å². The van der Waals surface area contributed by atoms with Gasteiger partial charge in [-0.25, -0.2) is 0 Å². The number of hydrogen-bond donors (Lipinski definition) is 0. The molecular formula is C118H80N2. The van der Waals surface area contributed by atoms with Crippen LogP contribution >= 0.6 is 0 Å². The zero-order chi connectivity index (χ0) is 79.7. The zero-order valence-corrected chi connectivity index (χ0v) is 66.1. The van der Waals surface area contributed by atoms with E-state index in [9.17, 15) is 0 Å². The van der Waals surface area contributed by atoms with Crippen LogP contribution in [0.3, 0.4) is 0 Å². The largest absolute Gasteiger partial charge is 0.311 e. The van der Waals surface area contributed by atoms with Crippen LogP contribution in [0.1, 0.15) is 0 Å². The minimum atomic E-state index is 1.05. The van der Waals surface area contributed by atoms with Gasteiger partial charge >= 0.3 is 0 Å². The quantitative estimate of drug-likeness (QED) is 0.0845. The fraction of sp³-hybridized carbons (Fsp3) is 0. The van der Waals surface area contributed by atoms with Crippen molar-refractivity contribution in [2.24, 2.45) is 0 Å². The predicted molar refractivity (Wildman–Crippen MR) is 511 cm³/mol. The number of anilines is 6. The van der Waals surface area contributed by atoms with Gasteiger partial charge in [0.15, 0.2) is 0 Å². The summed E-state index contributed by atoms with van der Waals surface area (Å²) >= 11 is 0. The van der Waals surface area contributed by atoms with E-state index in [1.54, 1.807) is 0 Å². The van der Waals surface area contributed by atoms with Gasteiger partial charge in [-0.15, -0.1) is 0 Å². The van der Waals surface area contributed by atoms with Crippen LogP contribution in [0.4, 0.5) is 34.1 Å². The molecule has 120 heavy (non-hydrogen) atoms. The van der Waals surface area contributed by atoms with Crippen LogP contribution in [0.5, 0.6) is 0 Å². The Bertz CT molecular complexity index is 7190. The average molecular weight is 1530 g/mol. The number of hydrogen-bond acceptors (Lipinski definition) is 2. The first-order valence-electron chi connectivity index (χ1n) is 41.3. The molecule has 0 radical (unpaired) electrons. The lowest BCUT2D eigenvalue weighted by Gasteiger charge is -2.27. The van der Waals surface area contributed by atoms with Crippen molar-refractivity contribution >= 4 is 77.2 Å². The summed E-state index contributed by atoms with van der Waals surface area (Å²) in [5, 5.41) is 9.78. The highest BCUT2D eigenvalue weighted by atomic mass is 15.1. The third-order valence-electron chi connectivity index (χ3n) is 23.9. The lowest BCUT2D eigenvalue weighted by Crippen LogP contribution is -2.10. The van der Waals surface area contributed by atoms with Crippen molar-refractivity contribution in [2.45, 2.75) is 0 Å². The Morgan fingerprint density at radius 1 is 0.100 bits per heavy atom. The van der Waals surface area contributed by atoms with E-state index in [2.05, 4.69) is 495 Å². The van der Waals surface area contributed by atoms with Crippen molar-refractivity contribution in [1.29, 1.82) is 0 Å². The fourth-order valence-electron chi connectivity index (χ4n) is 17.7. The van der Waals surface area contributed by atoms with Gasteiger partial charge < -0.3 is 9.80 Å². The zero-order valence-electron chi connectivity index (χ0n) is 66.1. The predicted octanol–water partition coefficient (Wildman–Crippen LogP) is 33.2. The summed E-state index contributed by atoms with van der Waals surface area (Å²) in [5.41, 5.74) is 34.5. The van der Waals surface area contributed by atoms with Gasteiger partial charge in [-0.05, 0) is 286 Å². The molecule has 21 aromatic carbocycles. The molecule has 0 bridgehead atoms. The summed E-state index contributed by atoms with van der Waals surface area (Å²) in [5.74, 6) is 0. The van der Waals surface area contributed by atoms with Crippen LogP contribution in [0.25, 0.3) is 177 Å². The van der Waals surface area contributed by atoms with Crippen LogP contribution in [0.15, 0.2) is 485 Å². The Hall–Kier alpha value is -15.7. The van der Waals surface area contributed by atoms with E-state index in [0.29, 0.717) is 0 Å². The number of nitrogens with zero attached hydrogens (tertiary/aromatic N) is 2. The highest BCUT2D eigenvalue weighted by molar-refractivity contribution is 6.01. The van der Waals surface area contributed by atoms with Crippen molar-refractivity contribution in [3.63, 3.8) is 0 Å². The van der Waals surface area contributed by atoms with Crippen LogP contribution in [-0.2, 0) is 0 Å². The first-order chi connectivity index (χ1) is 59.4. The molecule has 21 rings (SSSR count). The average Bonchev–Trinajstić information content (AvgIpc) is 0.764. The Labute approximate surface area is 701 Å². The summed E-state index contributed by atoms with van der Waals surface area (Å²) in [6.07, 6.45) is 0. The second kappa shape index (κ2) is 31.8. The van der Waals surface area contributed by atoms with Gasteiger partial charge in [0.05, 0.1) is 0 Å². The molecule has 0 aromatic heterocycles. The summed E-state index contributed by atoms with van der Waals surface area (Å²) in [4.78, 5) is 4.78. The van der Waals surface area contributed by atoms with Crippen molar-refractivity contribution in [3.8, 4) is 134 Å². The second-order valence-corrected chi connectivity index (χ2v) is 31.1. The van der Waals surface area contributed by atoms with Crippen LogP contribution in [0, 0.1) is 0 Å². The Morgan fingerprint density at radius 2 is 0.350 bits per heavy atom. The Kier molecular flexibility index (Phi) is 19.1. The Morgan fingerprint density at radius 3 is 0.792 bits per heavy atom. The van der Waals surface area contributed by atoms with Gasteiger partial charge in [0.2, 0.25) is 0 Å². The molecular weight excluding hydrogens is 1450 g/mol. The first kappa shape index (κ1) is 72.0. The van der Waals surface area contributed by atoms with E-state index in [4.69, 9.17) is 0 Å². The van der Waals surface area contributed by atoms with E-state index in [1.807, 2.05) is 0 Å². The monoisotopic (exact) mass is 1520 g/mol. The van der Waals surface area contributed by atoms with Gasteiger partial charge in [0, 0.05) is 34.1 Å². The van der Waals surface area contributed by atoms with E-state index < -0.39 is 0 Å². The fourth-order valence-corrected chi connectivity index (χ4v) is 17.7. The number of benzene rings is 21. The SMILES string of the molecule is c1ccc(-c2ccc(-c3ccc(N(c4ccc(-c5cccc(-c6ccc7ccc(-c8cc(-c9ccc(N(c%10ccc(-c%11cccc%12ccccc%11%12)cc%10)c%10ccc(-c%11cccc%12ccccc%11%12)cc%10)cc9)ccc8-c8ccccc8)cc7c6)c5)cc4)c4ccc(-c5ccccc5)c(-c5ccccc5)c4)cc3)cc2-c2ccc3ccccc3c2)cc1. The molecule has 0 atom stereocenters. The Balaban J connectivity index is 0.598. The molecule has 0 unspecified atom stereocenters. The third kappa shape index (κ3) is 14.2. The number of rotatable bonds is 18. The molecule has 0 saturated carbocycles. The number of fused-ring (bicyclic) bond motifs is 4. The standard InChI is InChI=1S/C118H80N2/c1-5-23-86(24-6-1)113-71-58-98(78-116(113)100-46-43-81-22-13-14-33-94(81)75-100)84-52-64-107(65-53-84)120(108-70-73-115(88-27-9-3-10-28-88)118(80-108)91-29-11-4-12-30-91)106-62-48-82(49-63-106)95-36-19-37-96(74-95)97-45-42-85-44-47-101(77-102(85)76-97)117-79-99(59-72-114(117)87-25-7-2-8-26-87)83-50-60-103(61-51-83)119(104-66-54-92(55-67-104)111-40-20-34-89-31-15-17-38-109(89)111)105-68-56-93(57-69-105)112-41-21-35-90-32-16-18-39-110(90)112/h1-80H. The van der Waals surface area contributed by atoms with E-state index in [0.717, 1.165) is 89.8 Å². The van der Waals surface area contributed by atoms with Gasteiger partial charge in [0.1, 0.15) is 0 Å². The smallest absolute Gasteiger partial charge is 0.0468 e. The van der Waals surface area contributed by atoms with E-state index in [-0.39, 0.29) is 0 Å². The van der Waals surface area contributed by atoms with Gasteiger partial charge in [-0.1, -0.05) is 376 Å². The summed E-state index contributed by atoms with van der Waals surface area (Å²) in [6.45, 7) is 0. The van der Waals surface area contributed by atoms with Crippen molar-refractivity contribution < 1.29 is 0 Å². The van der Waals surface area contributed by atoms with Crippen LogP contribution < -0.4 is 9.80 Å². The lowest BCUT2D eigenvalue weighted by molar-refractivity contribution is 1.28. The summed E-state index contributed by atoms with van der Waals surface area (Å²) < 4.78 is 0. The molecule has 21 aromatic rings.